The molecule has 0 aromatic heterocycles. The van der Waals surface area contributed by atoms with Crippen LogP contribution in [0.5, 0.6) is 0 Å². The molecule has 0 saturated carbocycles. The average molecular weight is 276 g/mol. The summed E-state index contributed by atoms with van der Waals surface area (Å²) in [6.45, 7) is 0. The Hall–Kier alpha value is 0.448. The Bertz CT molecular complexity index is 48.8. The van der Waals surface area contributed by atoms with E-state index in [4.69, 9.17) is 17.3 Å². The Morgan fingerprint density at radius 1 is 1.83 bits per heavy atom. The third-order valence-electron chi connectivity index (χ3n) is 0.121. The van der Waals surface area contributed by atoms with Gasteiger partial charge in [-0.3, -0.25) is 0 Å². The normalized spacial score (nSPS) is 6.17. The molecule has 1 amide bonds. The van der Waals surface area contributed by atoms with E-state index in [1.807, 2.05) is 0 Å². The molecular formula is C2H3ClNOW-. The van der Waals surface area contributed by atoms with Gasteiger partial charge in [-0.1, -0.05) is 0 Å². The van der Waals surface area contributed by atoms with Crippen LogP contribution in [0.3, 0.4) is 0 Å². The zero-order chi connectivity index (χ0) is 4.28. The van der Waals surface area contributed by atoms with Crippen LogP contribution >= 0.6 is 11.6 Å². The van der Waals surface area contributed by atoms with Crippen LogP contribution in [0.1, 0.15) is 0 Å². The number of hydrogen-bond acceptors (Lipinski definition) is 1. The monoisotopic (exact) mass is 276 g/mol. The maximum absolute atomic E-state index is 9.35. The second kappa shape index (κ2) is 5.45. The Kier molecular flexibility index (Phi) is 8.78. The van der Waals surface area contributed by atoms with E-state index in [1.165, 1.54) is 0 Å². The predicted molar refractivity (Wildman–Crippen MR) is 20.0 cm³/mol. The first-order valence-corrected chi connectivity index (χ1v) is 1.61. The van der Waals surface area contributed by atoms with E-state index in [9.17, 15) is 4.79 Å². The van der Waals surface area contributed by atoms with Crippen LogP contribution in [0, 0.1) is 0 Å². The van der Waals surface area contributed by atoms with Crippen LogP contribution in [0.15, 0.2) is 0 Å². The fraction of sp³-hybridized carbons (Fsp3) is 0.500. The minimum Gasteiger partial charge on any atom is -0.667 e. The summed E-state index contributed by atoms with van der Waals surface area (Å²) in [5.41, 5.74) is 6.06. The molecule has 0 unspecified atom stereocenters. The minimum absolute atomic E-state index is 0. The minimum atomic E-state index is -0.730. The van der Waals surface area contributed by atoms with E-state index >= 15 is 0 Å². The molecule has 0 heterocycles. The zero-order valence-corrected chi connectivity index (χ0v) is 6.59. The Morgan fingerprint density at radius 3 is 2.00 bits per heavy atom. The van der Waals surface area contributed by atoms with E-state index in [0.717, 1.165) is 0 Å². The third kappa shape index (κ3) is 8.82. The number of halogens is 1. The largest absolute Gasteiger partial charge is 0.667 e. The molecule has 0 aromatic carbocycles. The standard InChI is InChI=1S/C2H4ClNO.W/c3-1-2(4)5;/h1H2,(H2,4,5);/p-1. The maximum Gasteiger partial charge on any atom is 0.0638 e. The molecule has 36 valence electrons. The van der Waals surface area contributed by atoms with Crippen molar-refractivity contribution in [3.05, 3.63) is 5.73 Å². The van der Waals surface area contributed by atoms with Gasteiger partial charge in [0, 0.05) is 21.1 Å². The van der Waals surface area contributed by atoms with Crippen LogP contribution in [-0.4, -0.2) is 11.8 Å². The van der Waals surface area contributed by atoms with E-state index in [1.54, 1.807) is 0 Å². The van der Waals surface area contributed by atoms with Gasteiger partial charge in [0.15, 0.2) is 0 Å². The second-order valence-electron chi connectivity index (χ2n) is 0.557. The molecule has 0 aromatic rings. The van der Waals surface area contributed by atoms with Crippen molar-refractivity contribution >= 4 is 17.5 Å². The number of carbonyl (C=O) groups is 1. The Morgan fingerprint density at radius 2 is 2.00 bits per heavy atom. The van der Waals surface area contributed by atoms with Crippen molar-refractivity contribution in [1.82, 2.24) is 0 Å². The molecule has 0 aliphatic rings. The third-order valence-corrected chi connectivity index (χ3v) is 0.364. The molecule has 0 spiro atoms. The summed E-state index contributed by atoms with van der Waals surface area (Å²) in [5.74, 6) is -0.924. The van der Waals surface area contributed by atoms with Gasteiger partial charge >= 0.3 is 0 Å². The van der Waals surface area contributed by atoms with E-state index in [0.29, 0.717) is 0 Å². The molecule has 0 atom stereocenters. The predicted octanol–water partition coefficient (Wildman–Crippen LogP) is 0.801. The van der Waals surface area contributed by atoms with Crippen molar-refractivity contribution in [3.63, 3.8) is 0 Å². The molecule has 1 N–H and O–H groups in total. The number of hydrogen-bond donors (Lipinski definition) is 0. The first-order chi connectivity index (χ1) is 2.27. The van der Waals surface area contributed by atoms with Crippen molar-refractivity contribution in [2.75, 3.05) is 5.88 Å². The number of amides is 1. The molecule has 0 aliphatic heterocycles. The van der Waals surface area contributed by atoms with Crippen molar-refractivity contribution in [2.45, 2.75) is 0 Å². The fourth-order valence-corrected chi connectivity index (χ4v) is 0. The second-order valence-corrected chi connectivity index (χ2v) is 0.824. The summed E-state index contributed by atoms with van der Waals surface area (Å²) in [5, 5.41) is 0. The molecule has 2 nitrogen and oxygen atoms in total. The fourth-order valence-electron chi connectivity index (χ4n) is 0. The van der Waals surface area contributed by atoms with Gasteiger partial charge < -0.3 is 10.5 Å². The van der Waals surface area contributed by atoms with Crippen molar-refractivity contribution in [3.8, 4) is 0 Å². The number of rotatable bonds is 1. The molecule has 0 fully saturated rings. The first-order valence-electron chi connectivity index (χ1n) is 1.07. The molecule has 6 heavy (non-hydrogen) atoms. The molecule has 4 heteroatoms. The van der Waals surface area contributed by atoms with E-state index in [-0.39, 0.29) is 26.9 Å². The summed E-state index contributed by atoms with van der Waals surface area (Å²) < 4.78 is 0. The summed E-state index contributed by atoms with van der Waals surface area (Å²) in [6.07, 6.45) is 0. The summed E-state index contributed by atoms with van der Waals surface area (Å²) in [6, 6.07) is 0. The molecular weight excluding hydrogens is 273 g/mol. The van der Waals surface area contributed by atoms with Gasteiger partial charge in [0.05, 0.1) is 11.8 Å². The van der Waals surface area contributed by atoms with Crippen molar-refractivity contribution in [2.24, 2.45) is 0 Å². The van der Waals surface area contributed by atoms with Crippen molar-refractivity contribution in [1.29, 1.82) is 0 Å². The van der Waals surface area contributed by atoms with Gasteiger partial charge in [-0.2, -0.15) is 0 Å². The quantitative estimate of drug-likeness (QED) is 0.653. The molecule has 0 rings (SSSR count). The van der Waals surface area contributed by atoms with Gasteiger partial charge in [0.2, 0.25) is 0 Å². The topological polar surface area (TPSA) is 40.9 Å². The van der Waals surface area contributed by atoms with E-state index < -0.39 is 5.91 Å². The van der Waals surface area contributed by atoms with Crippen LogP contribution in [0.25, 0.3) is 5.73 Å². The average Bonchev–Trinajstić information content (AvgIpc) is 1.38. The Balaban J connectivity index is 0. The van der Waals surface area contributed by atoms with Gasteiger partial charge in [-0.25, -0.2) is 0 Å². The van der Waals surface area contributed by atoms with Crippen LogP contribution in [0.4, 0.5) is 0 Å². The van der Waals surface area contributed by atoms with Crippen LogP contribution in [-0.2, 0) is 25.9 Å². The smallest absolute Gasteiger partial charge is 0.0638 e. The summed E-state index contributed by atoms with van der Waals surface area (Å²) in [4.78, 5) is 9.35. The van der Waals surface area contributed by atoms with Gasteiger partial charge in [0.1, 0.15) is 0 Å². The zero-order valence-electron chi connectivity index (χ0n) is 2.90. The molecule has 0 bridgehead atoms. The number of alkyl halides is 1. The van der Waals surface area contributed by atoms with Crippen LogP contribution in [0.2, 0.25) is 0 Å². The summed E-state index contributed by atoms with van der Waals surface area (Å²) >= 11 is 4.80. The summed E-state index contributed by atoms with van der Waals surface area (Å²) in [7, 11) is 0. The molecule has 0 saturated heterocycles. The van der Waals surface area contributed by atoms with Gasteiger partial charge in [-0.05, 0) is 0 Å². The maximum atomic E-state index is 9.35. The van der Waals surface area contributed by atoms with Crippen LogP contribution < -0.4 is 0 Å². The number of carbonyl (C=O) groups excluding carboxylic acids is 1. The first kappa shape index (κ1) is 9.67. The van der Waals surface area contributed by atoms with E-state index in [2.05, 4.69) is 0 Å². The Labute approximate surface area is 55.3 Å². The SMILES string of the molecule is [NH-]C(=O)CCl.[W]. The number of nitrogens with one attached hydrogen (secondary N) is 1. The van der Waals surface area contributed by atoms with Gasteiger partial charge in [0.25, 0.3) is 0 Å². The molecule has 0 aliphatic carbocycles. The van der Waals surface area contributed by atoms with Gasteiger partial charge in [-0.15, -0.1) is 11.6 Å². The molecule has 0 radical (unpaired) electrons. The van der Waals surface area contributed by atoms with Crippen molar-refractivity contribution < 1.29 is 25.9 Å².